The molecule has 1 saturated heterocycles. The Morgan fingerprint density at radius 1 is 0.968 bits per heavy atom. The summed E-state index contributed by atoms with van der Waals surface area (Å²) >= 11 is 0. The number of phenolic OH excluding ortho intramolecular Hbond substituents is 1. The van der Waals surface area contributed by atoms with Crippen molar-refractivity contribution >= 4 is 23.1 Å². The van der Waals surface area contributed by atoms with Gasteiger partial charge in [-0.3, -0.25) is 14.5 Å². The average Bonchev–Trinajstić information content (AvgIpc) is 3.36. The molecule has 2 heterocycles. The van der Waals surface area contributed by atoms with Gasteiger partial charge in [0, 0.05) is 17.7 Å². The van der Waals surface area contributed by atoms with Crippen LogP contribution in [-0.4, -0.2) is 28.5 Å². The van der Waals surface area contributed by atoms with Crippen molar-refractivity contribution in [2.24, 2.45) is 0 Å². The van der Waals surface area contributed by atoms with Crippen molar-refractivity contribution in [1.82, 2.24) is 0 Å². The quantitative estimate of drug-likeness (QED) is 0.386. The van der Waals surface area contributed by atoms with E-state index in [0.29, 0.717) is 29.8 Å². The fourth-order valence-electron chi connectivity index (χ4n) is 4.19. The van der Waals surface area contributed by atoms with Gasteiger partial charge in [0.05, 0.1) is 18.2 Å². The number of benzene rings is 3. The van der Waals surface area contributed by atoms with E-state index in [1.807, 2.05) is 6.07 Å². The summed E-state index contributed by atoms with van der Waals surface area (Å²) in [5, 5.41) is 21.2. The molecule has 5 rings (SSSR count). The summed E-state index contributed by atoms with van der Waals surface area (Å²) in [5.74, 6) is -0.992. The van der Waals surface area contributed by atoms with Crippen LogP contribution in [0.1, 0.15) is 22.7 Å². The van der Waals surface area contributed by atoms with Gasteiger partial charge in [0.1, 0.15) is 17.3 Å². The van der Waals surface area contributed by atoms with Gasteiger partial charge in [-0.05, 0) is 53.6 Å². The molecule has 31 heavy (non-hydrogen) atoms. The first-order valence-corrected chi connectivity index (χ1v) is 9.95. The number of nitrogens with zero attached hydrogens (tertiary/aromatic N) is 1. The number of amides is 1. The van der Waals surface area contributed by atoms with Crippen molar-refractivity contribution in [3.63, 3.8) is 0 Å². The highest BCUT2D eigenvalue weighted by molar-refractivity contribution is 6.51. The molecule has 3 aromatic carbocycles. The number of carbonyl (C=O) groups excluding carboxylic acids is 2. The van der Waals surface area contributed by atoms with Gasteiger partial charge in [-0.25, -0.2) is 0 Å². The van der Waals surface area contributed by atoms with Crippen molar-refractivity contribution in [1.29, 1.82) is 0 Å². The lowest BCUT2D eigenvalue weighted by molar-refractivity contribution is -0.132. The Kier molecular flexibility index (Phi) is 4.47. The minimum atomic E-state index is -0.876. The van der Waals surface area contributed by atoms with Gasteiger partial charge in [0.25, 0.3) is 11.7 Å². The number of aliphatic hydroxyl groups is 1. The second-order valence-electron chi connectivity index (χ2n) is 7.52. The van der Waals surface area contributed by atoms with Gasteiger partial charge < -0.3 is 14.9 Å². The number of ether oxygens (including phenoxy) is 1. The molecule has 2 aliphatic heterocycles. The highest BCUT2D eigenvalue weighted by Gasteiger charge is 2.47. The zero-order chi connectivity index (χ0) is 21.5. The van der Waals surface area contributed by atoms with Gasteiger partial charge in [-0.15, -0.1) is 0 Å². The summed E-state index contributed by atoms with van der Waals surface area (Å²) in [7, 11) is 0. The Balaban J connectivity index is 1.71. The summed E-state index contributed by atoms with van der Waals surface area (Å²) in [6, 6.07) is 19.5. The monoisotopic (exact) mass is 413 g/mol. The van der Waals surface area contributed by atoms with Crippen molar-refractivity contribution in [3.05, 3.63) is 95.1 Å². The van der Waals surface area contributed by atoms with Gasteiger partial charge in [-0.1, -0.05) is 30.3 Å². The van der Waals surface area contributed by atoms with Crippen LogP contribution in [0, 0.1) is 0 Å². The molecular weight excluding hydrogens is 394 g/mol. The molecule has 1 amide bonds. The first kappa shape index (κ1) is 18.9. The Hall–Kier alpha value is -4.06. The van der Waals surface area contributed by atoms with E-state index < -0.39 is 17.7 Å². The molecule has 6 heteroatoms. The fourth-order valence-corrected chi connectivity index (χ4v) is 4.19. The second kappa shape index (κ2) is 7.32. The minimum Gasteiger partial charge on any atom is -0.508 e. The number of carbonyl (C=O) groups is 2. The molecule has 0 bridgehead atoms. The van der Waals surface area contributed by atoms with Crippen LogP contribution < -0.4 is 9.64 Å². The van der Waals surface area contributed by atoms with Gasteiger partial charge >= 0.3 is 0 Å². The first-order chi connectivity index (χ1) is 15.0. The Morgan fingerprint density at radius 2 is 1.77 bits per heavy atom. The lowest BCUT2D eigenvalue weighted by Gasteiger charge is -2.25. The number of hydrogen-bond acceptors (Lipinski definition) is 5. The molecule has 154 valence electrons. The van der Waals surface area contributed by atoms with Crippen LogP contribution in [0.2, 0.25) is 0 Å². The predicted molar refractivity (Wildman–Crippen MR) is 115 cm³/mol. The maximum Gasteiger partial charge on any atom is 0.300 e. The lowest BCUT2D eigenvalue weighted by Crippen LogP contribution is -2.29. The molecule has 0 saturated carbocycles. The van der Waals surface area contributed by atoms with E-state index in [0.717, 1.165) is 11.3 Å². The number of aromatic hydroxyl groups is 1. The van der Waals surface area contributed by atoms with E-state index in [4.69, 9.17) is 4.74 Å². The van der Waals surface area contributed by atoms with Crippen LogP contribution in [-0.2, 0) is 16.0 Å². The number of rotatable bonds is 3. The van der Waals surface area contributed by atoms with Crippen LogP contribution in [0.25, 0.3) is 5.76 Å². The third-order valence-electron chi connectivity index (χ3n) is 5.63. The molecule has 1 unspecified atom stereocenters. The Labute approximate surface area is 178 Å². The minimum absolute atomic E-state index is 0.00540. The fraction of sp³-hybridized carbons (Fsp3) is 0.120. The van der Waals surface area contributed by atoms with Crippen molar-refractivity contribution in [3.8, 4) is 11.5 Å². The highest BCUT2D eigenvalue weighted by Crippen LogP contribution is 2.43. The van der Waals surface area contributed by atoms with E-state index in [-0.39, 0.29) is 17.1 Å². The standard InChI is InChI=1S/C25H19NO5/c27-19-8-4-5-16(14-19)22-21(23(28)17-9-10-20-15(13-17)11-12-31-20)24(29)25(30)26(22)18-6-2-1-3-7-18/h1-10,13-14,22,27-28H,11-12H2/b23-21-. The molecule has 6 nitrogen and oxygen atoms in total. The zero-order valence-corrected chi connectivity index (χ0v) is 16.5. The molecule has 2 N–H and O–H groups in total. The molecule has 2 aliphatic rings. The number of aliphatic hydroxyl groups excluding tert-OH is 1. The maximum atomic E-state index is 13.1. The summed E-state index contributed by atoms with van der Waals surface area (Å²) in [4.78, 5) is 27.5. The van der Waals surface area contributed by atoms with Gasteiger partial charge in [0.2, 0.25) is 0 Å². The predicted octanol–water partition coefficient (Wildman–Crippen LogP) is 3.95. The number of ketones is 1. The Bertz CT molecular complexity index is 1230. The molecular formula is C25H19NO5. The van der Waals surface area contributed by atoms with Crippen LogP contribution >= 0.6 is 0 Å². The third-order valence-corrected chi connectivity index (χ3v) is 5.63. The van der Waals surface area contributed by atoms with Gasteiger partial charge in [-0.2, -0.15) is 0 Å². The third kappa shape index (κ3) is 3.13. The summed E-state index contributed by atoms with van der Waals surface area (Å²) in [6.45, 7) is 0.571. The summed E-state index contributed by atoms with van der Waals surface area (Å²) in [5.41, 5.74) is 2.42. The summed E-state index contributed by atoms with van der Waals surface area (Å²) in [6.07, 6.45) is 0.713. The van der Waals surface area contributed by atoms with Crippen LogP contribution in [0.4, 0.5) is 5.69 Å². The number of anilines is 1. The molecule has 3 aromatic rings. The maximum absolute atomic E-state index is 13.1. The van der Waals surface area contributed by atoms with E-state index in [1.165, 1.54) is 17.0 Å². The van der Waals surface area contributed by atoms with Crippen LogP contribution in [0.3, 0.4) is 0 Å². The van der Waals surface area contributed by atoms with E-state index in [9.17, 15) is 19.8 Å². The summed E-state index contributed by atoms with van der Waals surface area (Å²) < 4.78 is 5.52. The molecule has 1 fully saturated rings. The van der Waals surface area contributed by atoms with Crippen molar-refractivity contribution in [2.45, 2.75) is 12.5 Å². The van der Waals surface area contributed by atoms with Crippen LogP contribution in [0.5, 0.6) is 11.5 Å². The zero-order valence-electron chi connectivity index (χ0n) is 16.5. The second-order valence-corrected chi connectivity index (χ2v) is 7.52. The molecule has 0 spiro atoms. The topological polar surface area (TPSA) is 87.1 Å². The highest BCUT2D eigenvalue weighted by atomic mass is 16.5. The molecule has 0 aromatic heterocycles. The molecule has 0 radical (unpaired) electrons. The van der Waals surface area contributed by atoms with E-state index in [1.54, 1.807) is 54.6 Å². The smallest absolute Gasteiger partial charge is 0.300 e. The van der Waals surface area contributed by atoms with E-state index in [2.05, 4.69) is 0 Å². The number of phenols is 1. The number of fused-ring (bicyclic) bond motifs is 1. The number of para-hydroxylation sites is 1. The first-order valence-electron chi connectivity index (χ1n) is 9.95. The van der Waals surface area contributed by atoms with Crippen LogP contribution in [0.15, 0.2) is 78.4 Å². The van der Waals surface area contributed by atoms with Crippen molar-refractivity contribution in [2.75, 3.05) is 11.5 Å². The van der Waals surface area contributed by atoms with Crippen molar-refractivity contribution < 1.29 is 24.5 Å². The lowest BCUT2D eigenvalue weighted by atomic mass is 9.94. The molecule has 1 atom stereocenters. The average molecular weight is 413 g/mol. The SMILES string of the molecule is O=C1C(=O)N(c2ccccc2)C(c2cccc(O)c2)/C1=C(/O)c1ccc2c(c1)CCO2. The Morgan fingerprint density at radius 3 is 2.55 bits per heavy atom. The number of hydrogen-bond donors (Lipinski definition) is 2. The van der Waals surface area contributed by atoms with Gasteiger partial charge in [0.15, 0.2) is 0 Å². The molecule has 0 aliphatic carbocycles. The largest absolute Gasteiger partial charge is 0.508 e. The normalized spacial score (nSPS) is 19.4. The number of Topliss-reactive ketones (excluding diaryl/α,β-unsaturated/α-hetero) is 1. The van der Waals surface area contributed by atoms with E-state index >= 15 is 0 Å².